The van der Waals surface area contributed by atoms with Crippen molar-refractivity contribution in [2.75, 3.05) is 56.4 Å². The summed E-state index contributed by atoms with van der Waals surface area (Å²) in [5.74, 6) is 0.176. The molecule has 3 aromatic rings. The molecule has 0 unspecified atom stereocenters. The van der Waals surface area contributed by atoms with Crippen LogP contribution in [0.15, 0.2) is 66.7 Å². The van der Waals surface area contributed by atoms with E-state index >= 15 is 0 Å². The number of carbonyl (C=O) groups excluding carboxylic acids is 3. The number of ether oxygens (including phenoxy) is 3. The van der Waals surface area contributed by atoms with Gasteiger partial charge >= 0.3 is 18.2 Å². The number of alkyl halides is 3. The summed E-state index contributed by atoms with van der Waals surface area (Å²) in [5, 5.41) is 18.4. The highest BCUT2D eigenvalue weighted by Gasteiger charge is 2.32. The van der Waals surface area contributed by atoms with Crippen LogP contribution in [-0.2, 0) is 10.9 Å². The number of methoxy groups -OCH3 is 1. The van der Waals surface area contributed by atoms with Crippen molar-refractivity contribution in [3.63, 3.8) is 0 Å². The van der Waals surface area contributed by atoms with Crippen LogP contribution in [0.3, 0.4) is 0 Å². The third-order valence-corrected chi connectivity index (χ3v) is 8.92. The largest absolute Gasteiger partial charge is 0.497 e. The van der Waals surface area contributed by atoms with Gasteiger partial charge in [0.05, 0.1) is 43.1 Å². The molecular weight excluding hydrogens is 695 g/mol. The van der Waals surface area contributed by atoms with Crippen molar-refractivity contribution in [2.45, 2.75) is 64.5 Å². The predicted molar refractivity (Wildman–Crippen MR) is 196 cm³/mol. The van der Waals surface area contributed by atoms with Crippen LogP contribution in [0.2, 0.25) is 0 Å². The smallest absolute Gasteiger partial charge is 0.416 e. The lowest BCUT2D eigenvalue weighted by atomic mass is 10.0. The molecule has 1 aliphatic rings. The molecule has 4 atom stereocenters. The summed E-state index contributed by atoms with van der Waals surface area (Å²) in [4.78, 5) is 43.3. The second kappa shape index (κ2) is 18.6. The van der Waals surface area contributed by atoms with Crippen LogP contribution in [0.4, 0.5) is 39.8 Å². The number of halogens is 3. The van der Waals surface area contributed by atoms with Crippen LogP contribution in [-0.4, -0.2) is 91.6 Å². The second-order valence-corrected chi connectivity index (χ2v) is 13.2. The summed E-state index contributed by atoms with van der Waals surface area (Å²) in [6.45, 7) is 5.77. The Bertz CT molecular complexity index is 1670. The normalized spacial score (nSPS) is 19.2. The lowest BCUT2D eigenvalue weighted by Gasteiger charge is -2.35. The number of hydrogen-bond donors (Lipinski definition) is 4. The van der Waals surface area contributed by atoms with Crippen molar-refractivity contribution in [1.29, 1.82) is 0 Å². The lowest BCUT2D eigenvalue weighted by molar-refractivity contribution is -0.137. The Morgan fingerprint density at radius 2 is 1.60 bits per heavy atom. The molecule has 4 N–H and O–H groups in total. The molecule has 1 heterocycles. The molecule has 0 aromatic heterocycles. The monoisotopic (exact) mass is 743 g/mol. The van der Waals surface area contributed by atoms with Crippen LogP contribution in [0.1, 0.15) is 56.0 Å². The molecule has 5 amide bonds. The van der Waals surface area contributed by atoms with E-state index in [-0.39, 0.29) is 43.0 Å². The number of amides is 5. The fourth-order valence-corrected chi connectivity index (χ4v) is 5.74. The van der Waals surface area contributed by atoms with Crippen molar-refractivity contribution in [1.82, 2.24) is 9.80 Å². The first-order valence-electron chi connectivity index (χ1n) is 17.4. The number of anilines is 3. The standard InChI is InChI=1S/C38H48F3N5O7/c1-24-21-46(25(2)23-47)35(48)32-20-30(43-36(49)42-28-13-16-31(51-5)17-14-28)15-18-33(32)53-26(3)8-6-7-19-52-34(24)22-45(4)37(50)44-29-11-9-27(10-12-29)38(39,40)41/h9-18,20,24-26,34,47H,6-8,19,21-23H2,1-5H3,(H,44,50)(H2,42,43,49)/t24-,25-,26-,34+/m1/s1. The number of likely N-dealkylation sites (N-methyl/N-ethyl adjacent to an activating group) is 1. The van der Waals surface area contributed by atoms with E-state index in [1.807, 2.05) is 13.8 Å². The fourth-order valence-electron chi connectivity index (χ4n) is 5.74. The van der Waals surface area contributed by atoms with Crippen LogP contribution < -0.4 is 25.4 Å². The SMILES string of the molecule is COc1ccc(NC(=O)Nc2ccc3c(c2)C(=O)N([C@H](C)CO)C[C@@H](C)[C@H](CN(C)C(=O)Nc2ccc(C(F)(F)F)cc2)OCCCC[C@@H](C)O3)cc1. The summed E-state index contributed by atoms with van der Waals surface area (Å²) >= 11 is 0. The maximum atomic E-state index is 14.4. The Morgan fingerprint density at radius 1 is 0.981 bits per heavy atom. The number of urea groups is 2. The number of aliphatic hydroxyl groups excluding tert-OH is 1. The molecule has 12 nitrogen and oxygen atoms in total. The van der Waals surface area contributed by atoms with E-state index < -0.39 is 41.9 Å². The van der Waals surface area contributed by atoms with E-state index in [1.165, 1.54) is 21.9 Å². The predicted octanol–water partition coefficient (Wildman–Crippen LogP) is 7.32. The van der Waals surface area contributed by atoms with E-state index in [4.69, 9.17) is 14.2 Å². The van der Waals surface area contributed by atoms with Crippen molar-refractivity contribution >= 4 is 35.0 Å². The van der Waals surface area contributed by atoms with Gasteiger partial charge in [0.2, 0.25) is 0 Å². The Morgan fingerprint density at radius 3 is 2.25 bits per heavy atom. The summed E-state index contributed by atoms with van der Waals surface area (Å²) in [6, 6.07) is 14.1. The molecule has 288 valence electrons. The third-order valence-electron chi connectivity index (χ3n) is 8.92. The minimum absolute atomic E-state index is 0.108. The van der Waals surface area contributed by atoms with E-state index in [0.717, 1.165) is 18.6 Å². The third kappa shape index (κ3) is 11.7. The van der Waals surface area contributed by atoms with Crippen molar-refractivity contribution in [2.24, 2.45) is 5.92 Å². The van der Waals surface area contributed by atoms with E-state index in [9.17, 15) is 32.7 Å². The number of carbonyl (C=O) groups is 3. The Kier molecular flexibility index (Phi) is 14.3. The number of nitrogens with one attached hydrogen (secondary N) is 3. The van der Waals surface area contributed by atoms with Gasteiger partial charge in [-0.15, -0.1) is 0 Å². The van der Waals surface area contributed by atoms with Gasteiger partial charge in [-0.1, -0.05) is 6.92 Å². The van der Waals surface area contributed by atoms with Gasteiger partial charge < -0.3 is 45.1 Å². The van der Waals surface area contributed by atoms with E-state index in [1.54, 1.807) is 63.5 Å². The maximum absolute atomic E-state index is 14.4. The van der Waals surface area contributed by atoms with Gasteiger partial charge in [-0.3, -0.25) is 4.79 Å². The first kappa shape index (κ1) is 40.7. The van der Waals surface area contributed by atoms with Crippen molar-refractivity contribution in [3.05, 3.63) is 77.9 Å². The minimum Gasteiger partial charge on any atom is -0.497 e. The maximum Gasteiger partial charge on any atom is 0.416 e. The topological polar surface area (TPSA) is 142 Å². The quantitative estimate of drug-likeness (QED) is 0.190. The number of fused-ring (bicyclic) bond motifs is 1. The summed E-state index contributed by atoms with van der Waals surface area (Å²) < 4.78 is 56.7. The number of hydrogen-bond acceptors (Lipinski definition) is 7. The Labute approximate surface area is 307 Å². The molecule has 0 fully saturated rings. The molecule has 0 saturated heterocycles. The highest BCUT2D eigenvalue weighted by Crippen LogP contribution is 2.31. The van der Waals surface area contributed by atoms with E-state index in [0.29, 0.717) is 42.3 Å². The van der Waals surface area contributed by atoms with Gasteiger partial charge in [0.15, 0.2) is 0 Å². The summed E-state index contributed by atoms with van der Waals surface area (Å²) in [6.07, 6.45) is -3.19. The van der Waals surface area contributed by atoms with Gasteiger partial charge in [0.25, 0.3) is 5.91 Å². The van der Waals surface area contributed by atoms with Crippen molar-refractivity contribution < 1.29 is 46.9 Å². The first-order chi connectivity index (χ1) is 25.2. The Hall–Kier alpha value is -5.02. The van der Waals surface area contributed by atoms with E-state index in [2.05, 4.69) is 16.0 Å². The van der Waals surface area contributed by atoms with Crippen molar-refractivity contribution in [3.8, 4) is 11.5 Å². The lowest BCUT2D eigenvalue weighted by Crippen LogP contribution is -2.48. The first-order valence-corrected chi connectivity index (χ1v) is 17.4. The van der Waals surface area contributed by atoms with Gasteiger partial charge in [-0.05, 0) is 99.8 Å². The zero-order valence-electron chi connectivity index (χ0n) is 30.5. The highest BCUT2D eigenvalue weighted by molar-refractivity contribution is 6.02. The Balaban J connectivity index is 1.54. The zero-order chi connectivity index (χ0) is 38.7. The van der Waals surface area contributed by atoms with Crippen LogP contribution in [0.25, 0.3) is 0 Å². The van der Waals surface area contributed by atoms with Crippen LogP contribution in [0, 0.1) is 5.92 Å². The van der Waals surface area contributed by atoms with Gasteiger partial charge in [0.1, 0.15) is 11.5 Å². The molecule has 4 rings (SSSR count). The number of aliphatic hydroxyl groups is 1. The van der Waals surface area contributed by atoms with Crippen LogP contribution >= 0.6 is 0 Å². The molecule has 53 heavy (non-hydrogen) atoms. The molecule has 1 aliphatic heterocycles. The number of benzene rings is 3. The molecule has 3 aromatic carbocycles. The number of nitrogens with zero attached hydrogens (tertiary/aromatic N) is 2. The minimum atomic E-state index is -4.50. The zero-order valence-corrected chi connectivity index (χ0v) is 30.5. The van der Waals surface area contributed by atoms with Gasteiger partial charge in [-0.2, -0.15) is 13.2 Å². The molecule has 0 spiro atoms. The molecule has 0 bridgehead atoms. The molecule has 15 heteroatoms. The summed E-state index contributed by atoms with van der Waals surface area (Å²) in [5.41, 5.74) is 0.436. The second-order valence-electron chi connectivity index (χ2n) is 13.2. The van der Waals surface area contributed by atoms with Gasteiger partial charge in [-0.25, -0.2) is 9.59 Å². The van der Waals surface area contributed by atoms with Crippen LogP contribution in [0.5, 0.6) is 11.5 Å². The molecule has 0 saturated carbocycles. The highest BCUT2D eigenvalue weighted by atomic mass is 19.4. The average molecular weight is 744 g/mol. The molecule has 0 aliphatic carbocycles. The number of rotatable bonds is 8. The summed E-state index contributed by atoms with van der Waals surface area (Å²) in [7, 11) is 3.10. The van der Waals surface area contributed by atoms with Gasteiger partial charge in [0, 0.05) is 49.7 Å². The average Bonchev–Trinajstić information content (AvgIpc) is 3.12. The fraction of sp³-hybridized carbons (Fsp3) is 0.447. The molecular formula is C38H48F3N5O7. The molecule has 0 radical (unpaired) electrons.